The first-order valence-electron chi connectivity index (χ1n) is 15.9. The predicted molar refractivity (Wildman–Crippen MR) is 177 cm³/mol. The Morgan fingerprint density at radius 1 is 0.898 bits per heavy atom. The minimum atomic E-state index is -0.759. The molecular weight excluding hydrogens is 638 g/mol. The fraction of sp³-hybridized carbons (Fsp3) is 0.250. The van der Waals surface area contributed by atoms with E-state index >= 15 is 4.39 Å². The molecule has 252 valence electrons. The Morgan fingerprint density at radius 2 is 1.69 bits per heavy atom. The van der Waals surface area contributed by atoms with Crippen molar-refractivity contribution in [2.45, 2.75) is 6.42 Å². The number of benzene rings is 3. The highest BCUT2D eigenvalue weighted by Crippen LogP contribution is 2.48. The van der Waals surface area contributed by atoms with Crippen molar-refractivity contribution in [1.82, 2.24) is 14.5 Å². The molecule has 1 amide bonds. The van der Waals surface area contributed by atoms with Crippen molar-refractivity contribution < 1.29 is 37.3 Å². The molecule has 5 aromatic rings. The van der Waals surface area contributed by atoms with Crippen LogP contribution in [0, 0.1) is 11.6 Å². The van der Waals surface area contributed by atoms with Gasteiger partial charge in [0.2, 0.25) is 5.75 Å². The van der Waals surface area contributed by atoms with E-state index in [1.165, 1.54) is 59.3 Å². The third kappa shape index (κ3) is 7.03. The standard InChI is InChI=1S/C36H32F2N4O7/c37-23-4-7-25(8-5-23)42-13-1-3-26(36(42)44)35(43)40-24-6-9-29(27(38)21-24)49-30-10-11-39-28-22-31(33-34(32(28)30)48-20-19-47-33)46-16-2-12-41-14-17-45-18-15-41/h1,3-11,13,21-22H,2,12,14-20H2,(H,40,43). The minimum absolute atomic E-state index is 0.107. The van der Waals surface area contributed by atoms with Gasteiger partial charge in [-0.3, -0.25) is 24.0 Å². The zero-order valence-electron chi connectivity index (χ0n) is 26.3. The number of amides is 1. The van der Waals surface area contributed by atoms with Gasteiger partial charge < -0.3 is 29.0 Å². The Bertz CT molecular complexity index is 2050. The van der Waals surface area contributed by atoms with Crippen LogP contribution in [0.25, 0.3) is 16.6 Å². The molecule has 0 atom stereocenters. The van der Waals surface area contributed by atoms with E-state index in [-0.39, 0.29) is 22.7 Å². The number of anilines is 1. The number of carbonyl (C=O) groups is 1. The number of nitrogens with one attached hydrogen (secondary N) is 1. The average molecular weight is 671 g/mol. The number of aromatic nitrogens is 2. The van der Waals surface area contributed by atoms with Gasteiger partial charge in [0.15, 0.2) is 23.1 Å². The number of carbonyl (C=O) groups excluding carboxylic acids is 1. The molecule has 11 nitrogen and oxygen atoms in total. The largest absolute Gasteiger partial charge is 0.489 e. The summed E-state index contributed by atoms with van der Waals surface area (Å²) < 4.78 is 59.6. The highest BCUT2D eigenvalue weighted by atomic mass is 19.1. The van der Waals surface area contributed by atoms with E-state index in [2.05, 4.69) is 15.2 Å². The Hall–Kier alpha value is -5.53. The fourth-order valence-electron chi connectivity index (χ4n) is 5.71. The van der Waals surface area contributed by atoms with Crippen molar-refractivity contribution in [3.05, 3.63) is 107 Å². The summed E-state index contributed by atoms with van der Waals surface area (Å²) in [7, 11) is 0. The van der Waals surface area contributed by atoms with Crippen LogP contribution >= 0.6 is 0 Å². The third-order valence-electron chi connectivity index (χ3n) is 8.13. The molecule has 0 saturated carbocycles. The first kappa shape index (κ1) is 32.0. The van der Waals surface area contributed by atoms with E-state index in [0.29, 0.717) is 53.7 Å². The van der Waals surface area contributed by atoms with Crippen LogP contribution in [0.3, 0.4) is 0 Å². The molecule has 4 heterocycles. The van der Waals surface area contributed by atoms with Crippen LogP contribution in [0.15, 0.2) is 83.9 Å². The highest BCUT2D eigenvalue weighted by Gasteiger charge is 2.25. The Morgan fingerprint density at radius 3 is 2.49 bits per heavy atom. The summed E-state index contributed by atoms with van der Waals surface area (Å²) in [6.07, 6.45) is 3.83. The van der Waals surface area contributed by atoms with E-state index in [0.717, 1.165) is 45.3 Å². The van der Waals surface area contributed by atoms with E-state index in [1.807, 2.05) is 0 Å². The molecule has 0 spiro atoms. The maximum atomic E-state index is 15.4. The average Bonchev–Trinajstić information content (AvgIpc) is 3.12. The lowest BCUT2D eigenvalue weighted by Crippen LogP contribution is -2.37. The second-order valence-corrected chi connectivity index (χ2v) is 11.4. The number of hydrogen-bond acceptors (Lipinski definition) is 9. The van der Waals surface area contributed by atoms with E-state index in [4.69, 9.17) is 23.7 Å². The lowest BCUT2D eigenvalue weighted by Gasteiger charge is -2.26. The second kappa shape index (κ2) is 14.3. The zero-order chi connectivity index (χ0) is 33.7. The number of rotatable bonds is 10. The molecule has 7 rings (SSSR count). The van der Waals surface area contributed by atoms with Crippen molar-refractivity contribution in [1.29, 1.82) is 0 Å². The summed E-state index contributed by atoms with van der Waals surface area (Å²) in [4.78, 5) is 32.9. The summed E-state index contributed by atoms with van der Waals surface area (Å²) >= 11 is 0. The van der Waals surface area contributed by atoms with Gasteiger partial charge in [-0.2, -0.15) is 0 Å². The van der Waals surface area contributed by atoms with Crippen molar-refractivity contribution in [3.63, 3.8) is 0 Å². The molecule has 0 bridgehead atoms. The van der Waals surface area contributed by atoms with Gasteiger partial charge in [-0.25, -0.2) is 8.78 Å². The van der Waals surface area contributed by atoms with Gasteiger partial charge in [0, 0.05) is 55.5 Å². The zero-order valence-corrected chi connectivity index (χ0v) is 26.3. The summed E-state index contributed by atoms with van der Waals surface area (Å²) in [6, 6.07) is 15.4. The van der Waals surface area contributed by atoms with Crippen LogP contribution in [0.4, 0.5) is 14.5 Å². The topological polar surface area (TPSA) is 113 Å². The lowest BCUT2D eigenvalue weighted by atomic mass is 10.1. The molecule has 49 heavy (non-hydrogen) atoms. The Kier molecular flexibility index (Phi) is 9.35. The van der Waals surface area contributed by atoms with Gasteiger partial charge >= 0.3 is 0 Å². The first-order valence-corrected chi connectivity index (χ1v) is 15.9. The summed E-state index contributed by atoms with van der Waals surface area (Å²) in [5.41, 5.74) is 0.216. The Balaban J connectivity index is 1.08. The van der Waals surface area contributed by atoms with Crippen LogP contribution in [-0.2, 0) is 4.74 Å². The molecule has 0 aliphatic carbocycles. The van der Waals surface area contributed by atoms with Crippen molar-refractivity contribution in [2.24, 2.45) is 0 Å². The van der Waals surface area contributed by atoms with E-state index < -0.39 is 23.1 Å². The van der Waals surface area contributed by atoms with Crippen LogP contribution in [0.2, 0.25) is 0 Å². The number of hydrogen-bond donors (Lipinski definition) is 1. The molecule has 1 fully saturated rings. The smallest absolute Gasteiger partial charge is 0.267 e. The predicted octanol–water partition coefficient (Wildman–Crippen LogP) is 5.58. The van der Waals surface area contributed by atoms with Crippen molar-refractivity contribution in [2.75, 3.05) is 58.0 Å². The molecule has 2 aliphatic rings. The summed E-state index contributed by atoms with van der Waals surface area (Å²) in [5.74, 6) is -0.450. The van der Waals surface area contributed by atoms with Gasteiger partial charge in [0.25, 0.3) is 11.5 Å². The normalized spacial score (nSPS) is 14.4. The maximum Gasteiger partial charge on any atom is 0.267 e. The van der Waals surface area contributed by atoms with Gasteiger partial charge in [-0.05, 0) is 61.0 Å². The molecule has 0 radical (unpaired) electrons. The molecule has 1 N–H and O–H groups in total. The van der Waals surface area contributed by atoms with Crippen molar-refractivity contribution >= 4 is 22.5 Å². The van der Waals surface area contributed by atoms with Gasteiger partial charge in [0.1, 0.15) is 30.3 Å². The lowest BCUT2D eigenvalue weighted by molar-refractivity contribution is 0.0357. The number of morpholine rings is 1. The molecule has 2 aliphatic heterocycles. The fourth-order valence-corrected chi connectivity index (χ4v) is 5.71. The Labute approximate surface area is 279 Å². The quantitative estimate of drug-likeness (QED) is 0.190. The highest BCUT2D eigenvalue weighted by molar-refractivity contribution is 6.04. The number of pyridine rings is 2. The molecule has 1 saturated heterocycles. The van der Waals surface area contributed by atoms with Crippen LogP contribution < -0.4 is 29.8 Å². The van der Waals surface area contributed by atoms with Gasteiger partial charge in [-0.1, -0.05) is 0 Å². The van der Waals surface area contributed by atoms with Gasteiger partial charge in [-0.15, -0.1) is 0 Å². The number of halogens is 2. The first-order chi connectivity index (χ1) is 23.9. The number of fused-ring (bicyclic) bond motifs is 3. The van der Waals surface area contributed by atoms with Crippen LogP contribution in [-0.4, -0.2) is 73.0 Å². The SMILES string of the molecule is O=C(Nc1ccc(Oc2ccnc3cc(OCCCN4CCOCC4)c4c(c23)OCCO4)c(F)c1)c1cccn(-c2ccc(F)cc2)c1=O. The number of ether oxygens (including phenoxy) is 5. The third-order valence-corrected chi connectivity index (χ3v) is 8.13. The van der Waals surface area contributed by atoms with Crippen LogP contribution in [0.5, 0.6) is 28.7 Å². The van der Waals surface area contributed by atoms with E-state index in [1.54, 1.807) is 18.3 Å². The van der Waals surface area contributed by atoms with Crippen LogP contribution in [0.1, 0.15) is 16.8 Å². The molecule has 13 heteroatoms. The van der Waals surface area contributed by atoms with E-state index in [9.17, 15) is 14.0 Å². The summed E-state index contributed by atoms with van der Waals surface area (Å²) in [5, 5.41) is 3.05. The van der Waals surface area contributed by atoms with Crippen molar-refractivity contribution in [3.8, 4) is 34.4 Å². The monoisotopic (exact) mass is 670 g/mol. The molecule has 0 unspecified atom stereocenters. The number of nitrogens with zero attached hydrogens (tertiary/aromatic N) is 3. The maximum absolute atomic E-state index is 15.4. The molecular formula is C36H32F2N4O7. The minimum Gasteiger partial charge on any atom is -0.489 e. The molecule has 2 aromatic heterocycles. The van der Waals surface area contributed by atoms with Gasteiger partial charge in [0.05, 0.1) is 30.7 Å². The summed E-state index contributed by atoms with van der Waals surface area (Å²) in [6.45, 7) is 5.29. The molecule has 3 aromatic carbocycles. The second-order valence-electron chi connectivity index (χ2n) is 11.4.